The number of sulfonamides is 1. The van der Waals surface area contributed by atoms with Gasteiger partial charge in [0.15, 0.2) is 0 Å². The molecule has 0 saturated carbocycles. The molecule has 5 nitrogen and oxygen atoms in total. The molecule has 0 bridgehead atoms. The number of ether oxygens (including phenoxy) is 1. The predicted molar refractivity (Wildman–Crippen MR) is 81.1 cm³/mol. The van der Waals surface area contributed by atoms with Crippen molar-refractivity contribution in [3.63, 3.8) is 0 Å². The molecule has 1 fully saturated rings. The number of hydrogen-bond donors (Lipinski definition) is 0. The molecule has 1 saturated heterocycles. The average Bonchev–Trinajstić information content (AvgIpc) is 2.49. The summed E-state index contributed by atoms with van der Waals surface area (Å²) in [7, 11) is -3.60. The molecule has 1 aromatic heterocycles. The first kappa shape index (κ1) is 14.7. The number of nitrogens with zero attached hydrogens (tertiary/aromatic N) is 2. The van der Waals surface area contributed by atoms with Gasteiger partial charge in [0, 0.05) is 30.1 Å². The molecule has 0 aliphatic carbocycles. The highest BCUT2D eigenvalue weighted by atomic mass is 35.5. The number of fused-ring (bicyclic) bond motifs is 1. The lowest BCUT2D eigenvalue weighted by atomic mass is 10.1. The third-order valence-electron chi connectivity index (χ3n) is 3.62. The Balaban J connectivity index is 2.23. The van der Waals surface area contributed by atoms with E-state index in [0.29, 0.717) is 42.2 Å². The summed E-state index contributed by atoms with van der Waals surface area (Å²) in [6, 6.07) is 5.50. The first-order valence-electron chi connectivity index (χ1n) is 6.63. The smallest absolute Gasteiger partial charge is 0.245 e. The van der Waals surface area contributed by atoms with Crippen molar-refractivity contribution in [1.29, 1.82) is 0 Å². The van der Waals surface area contributed by atoms with Crippen LogP contribution in [-0.2, 0) is 14.8 Å². The molecule has 0 radical (unpaired) electrons. The van der Waals surface area contributed by atoms with Crippen LogP contribution >= 0.6 is 11.6 Å². The van der Waals surface area contributed by atoms with E-state index in [0.717, 1.165) is 5.56 Å². The number of morpholine rings is 1. The fourth-order valence-corrected chi connectivity index (χ4v) is 4.37. The second kappa shape index (κ2) is 5.53. The van der Waals surface area contributed by atoms with Gasteiger partial charge in [-0.2, -0.15) is 4.31 Å². The van der Waals surface area contributed by atoms with Crippen molar-refractivity contribution in [3.05, 3.63) is 35.1 Å². The van der Waals surface area contributed by atoms with Crippen molar-refractivity contribution in [2.75, 3.05) is 26.3 Å². The zero-order valence-corrected chi connectivity index (χ0v) is 13.1. The first-order valence-corrected chi connectivity index (χ1v) is 8.45. The molecular formula is C14H15ClN2O3S. The van der Waals surface area contributed by atoms with E-state index in [-0.39, 0.29) is 4.90 Å². The van der Waals surface area contributed by atoms with Gasteiger partial charge >= 0.3 is 0 Å². The largest absolute Gasteiger partial charge is 0.379 e. The van der Waals surface area contributed by atoms with E-state index in [2.05, 4.69) is 4.98 Å². The van der Waals surface area contributed by atoms with Crippen molar-refractivity contribution < 1.29 is 13.2 Å². The summed E-state index contributed by atoms with van der Waals surface area (Å²) in [4.78, 5) is 4.25. The maximum atomic E-state index is 12.9. The van der Waals surface area contributed by atoms with E-state index in [1.807, 2.05) is 19.1 Å². The van der Waals surface area contributed by atoms with Gasteiger partial charge in [-0.05, 0) is 12.5 Å². The van der Waals surface area contributed by atoms with E-state index in [1.165, 1.54) is 10.5 Å². The van der Waals surface area contributed by atoms with E-state index in [4.69, 9.17) is 16.3 Å². The Kier molecular flexibility index (Phi) is 3.88. The minimum atomic E-state index is -3.60. The first-order chi connectivity index (χ1) is 10.0. The molecule has 21 heavy (non-hydrogen) atoms. The minimum absolute atomic E-state index is 0.210. The molecule has 0 spiro atoms. The van der Waals surface area contributed by atoms with Crippen LogP contribution in [0.3, 0.4) is 0 Å². The zero-order chi connectivity index (χ0) is 15.0. The normalized spacial score (nSPS) is 17.2. The van der Waals surface area contributed by atoms with Crippen LogP contribution in [0.4, 0.5) is 0 Å². The lowest BCUT2D eigenvalue weighted by Crippen LogP contribution is -2.40. The summed E-state index contributed by atoms with van der Waals surface area (Å²) in [5.41, 5.74) is 0.864. The van der Waals surface area contributed by atoms with Crippen LogP contribution in [0.2, 0.25) is 5.15 Å². The van der Waals surface area contributed by atoms with Gasteiger partial charge in [-0.25, -0.2) is 13.4 Å². The molecule has 112 valence electrons. The average molecular weight is 327 g/mol. The monoisotopic (exact) mass is 326 g/mol. The minimum Gasteiger partial charge on any atom is -0.379 e. The molecule has 1 aliphatic heterocycles. The second-order valence-corrected chi connectivity index (χ2v) is 7.19. The topological polar surface area (TPSA) is 59.5 Å². The van der Waals surface area contributed by atoms with Crippen molar-refractivity contribution in [3.8, 4) is 0 Å². The molecule has 1 aliphatic rings. The Morgan fingerprint density at radius 1 is 1.29 bits per heavy atom. The number of hydrogen-bond acceptors (Lipinski definition) is 4. The van der Waals surface area contributed by atoms with E-state index >= 15 is 0 Å². The fraction of sp³-hybridized carbons (Fsp3) is 0.357. The van der Waals surface area contributed by atoms with Crippen LogP contribution in [0.15, 0.2) is 29.3 Å². The van der Waals surface area contributed by atoms with Gasteiger partial charge in [0.05, 0.1) is 13.2 Å². The van der Waals surface area contributed by atoms with Gasteiger partial charge in [0.2, 0.25) is 10.0 Å². The van der Waals surface area contributed by atoms with Crippen LogP contribution in [0.5, 0.6) is 0 Å². The lowest BCUT2D eigenvalue weighted by molar-refractivity contribution is 0.0730. The maximum absolute atomic E-state index is 12.9. The quantitative estimate of drug-likeness (QED) is 0.794. The van der Waals surface area contributed by atoms with Crippen molar-refractivity contribution in [1.82, 2.24) is 9.29 Å². The van der Waals surface area contributed by atoms with Crippen molar-refractivity contribution in [2.24, 2.45) is 0 Å². The van der Waals surface area contributed by atoms with Crippen LogP contribution in [-0.4, -0.2) is 44.0 Å². The van der Waals surface area contributed by atoms with Gasteiger partial charge in [-0.1, -0.05) is 29.8 Å². The van der Waals surface area contributed by atoms with Gasteiger partial charge in [-0.15, -0.1) is 0 Å². The molecule has 1 aromatic carbocycles. The lowest BCUT2D eigenvalue weighted by Gasteiger charge is -2.26. The van der Waals surface area contributed by atoms with E-state index < -0.39 is 10.0 Å². The van der Waals surface area contributed by atoms with E-state index in [9.17, 15) is 8.42 Å². The Morgan fingerprint density at radius 2 is 2.00 bits per heavy atom. The highest BCUT2D eigenvalue weighted by molar-refractivity contribution is 7.89. The van der Waals surface area contributed by atoms with Crippen LogP contribution < -0.4 is 0 Å². The summed E-state index contributed by atoms with van der Waals surface area (Å²) >= 11 is 6.10. The highest BCUT2D eigenvalue weighted by Crippen LogP contribution is 2.31. The van der Waals surface area contributed by atoms with Gasteiger partial charge in [0.25, 0.3) is 0 Å². The number of rotatable bonds is 2. The highest BCUT2D eigenvalue weighted by Gasteiger charge is 2.29. The molecular weight excluding hydrogens is 312 g/mol. The number of aryl methyl sites for hydroxylation is 1. The number of benzene rings is 1. The Hall–Kier alpha value is -1.21. The molecule has 3 rings (SSSR count). The van der Waals surface area contributed by atoms with Gasteiger partial charge in [0.1, 0.15) is 10.0 Å². The summed E-state index contributed by atoms with van der Waals surface area (Å²) < 4.78 is 32.4. The number of pyridine rings is 1. The zero-order valence-electron chi connectivity index (χ0n) is 11.5. The summed E-state index contributed by atoms with van der Waals surface area (Å²) in [6.45, 7) is 3.42. The summed E-state index contributed by atoms with van der Waals surface area (Å²) in [6.07, 6.45) is 1.35. The fourth-order valence-electron chi connectivity index (χ4n) is 2.54. The van der Waals surface area contributed by atoms with Gasteiger partial charge in [-0.3, -0.25) is 0 Å². The summed E-state index contributed by atoms with van der Waals surface area (Å²) in [5, 5.41) is 1.62. The molecule has 0 atom stereocenters. The Morgan fingerprint density at radius 3 is 2.71 bits per heavy atom. The van der Waals surface area contributed by atoms with Crippen LogP contribution in [0.25, 0.3) is 10.8 Å². The molecule has 2 aromatic rings. The molecule has 7 heteroatoms. The summed E-state index contributed by atoms with van der Waals surface area (Å²) in [5.74, 6) is 0. The van der Waals surface area contributed by atoms with Crippen molar-refractivity contribution >= 4 is 32.4 Å². The van der Waals surface area contributed by atoms with Crippen LogP contribution in [0, 0.1) is 6.92 Å². The second-order valence-electron chi connectivity index (χ2n) is 4.93. The SMILES string of the molecule is Cc1cccc2c(Cl)ncc(S(=O)(=O)N3CCOCC3)c12. The standard InChI is InChI=1S/C14H15ClN2O3S/c1-10-3-2-4-11-13(10)12(9-16-14(11)15)21(18,19)17-5-7-20-8-6-17/h2-4,9H,5-8H2,1H3. The molecule has 0 amide bonds. The number of halogens is 1. The van der Waals surface area contributed by atoms with Crippen molar-refractivity contribution in [2.45, 2.75) is 11.8 Å². The Bertz CT molecular complexity index is 786. The third-order valence-corrected chi connectivity index (χ3v) is 5.84. The predicted octanol–water partition coefficient (Wildman–Crippen LogP) is 2.22. The molecule has 0 unspecified atom stereocenters. The molecule has 0 N–H and O–H groups in total. The van der Waals surface area contributed by atoms with Crippen LogP contribution in [0.1, 0.15) is 5.56 Å². The maximum Gasteiger partial charge on any atom is 0.245 e. The number of aromatic nitrogens is 1. The molecule has 2 heterocycles. The van der Waals surface area contributed by atoms with Gasteiger partial charge < -0.3 is 4.74 Å². The third kappa shape index (κ3) is 2.53. The Labute approximate surface area is 128 Å². The van der Waals surface area contributed by atoms with E-state index in [1.54, 1.807) is 6.07 Å².